The molecular formula is C15H24BrN3O. The molecule has 1 rings (SSSR count). The largest absolute Gasteiger partial charge is 0.409 e. The van der Waals surface area contributed by atoms with Gasteiger partial charge in [0.2, 0.25) is 0 Å². The van der Waals surface area contributed by atoms with E-state index in [1.165, 1.54) is 11.3 Å². The van der Waals surface area contributed by atoms with Gasteiger partial charge in [-0.05, 0) is 43.5 Å². The summed E-state index contributed by atoms with van der Waals surface area (Å²) in [5.74, 6) is 0.300. The Kier molecular flexibility index (Phi) is 6.33. The van der Waals surface area contributed by atoms with Crippen LogP contribution in [0, 0.1) is 12.3 Å². The maximum atomic E-state index is 8.72. The zero-order valence-electron chi connectivity index (χ0n) is 12.4. The maximum Gasteiger partial charge on any atom is 0.144 e. The molecule has 1 aromatic rings. The molecule has 4 nitrogen and oxygen atoms in total. The molecule has 0 spiro atoms. The highest BCUT2D eigenvalue weighted by Crippen LogP contribution is 2.24. The molecule has 0 fully saturated rings. The van der Waals surface area contributed by atoms with E-state index in [-0.39, 0.29) is 5.41 Å². The van der Waals surface area contributed by atoms with Crippen LogP contribution in [0.1, 0.15) is 38.7 Å². The second-order valence-corrected chi connectivity index (χ2v) is 6.63. The summed E-state index contributed by atoms with van der Waals surface area (Å²) >= 11 is 3.46. The smallest absolute Gasteiger partial charge is 0.144 e. The Morgan fingerprint density at radius 3 is 2.70 bits per heavy atom. The molecule has 0 aliphatic rings. The number of halogens is 1. The van der Waals surface area contributed by atoms with Gasteiger partial charge in [0.15, 0.2) is 0 Å². The van der Waals surface area contributed by atoms with E-state index in [1.807, 2.05) is 19.9 Å². The number of oxime groups is 1. The Labute approximate surface area is 129 Å². The van der Waals surface area contributed by atoms with Gasteiger partial charge < -0.3 is 16.3 Å². The summed E-state index contributed by atoms with van der Waals surface area (Å²) in [7, 11) is 0. The molecule has 5 heteroatoms. The van der Waals surface area contributed by atoms with E-state index in [4.69, 9.17) is 10.9 Å². The van der Waals surface area contributed by atoms with Crippen molar-refractivity contribution < 1.29 is 5.21 Å². The second-order valence-electron chi connectivity index (χ2n) is 5.71. The van der Waals surface area contributed by atoms with E-state index in [0.717, 1.165) is 30.3 Å². The predicted octanol–water partition coefficient (Wildman–Crippen LogP) is 4.11. The third-order valence-corrected chi connectivity index (χ3v) is 4.03. The van der Waals surface area contributed by atoms with Gasteiger partial charge in [-0.1, -0.05) is 41.4 Å². The van der Waals surface area contributed by atoms with Gasteiger partial charge in [0.1, 0.15) is 5.84 Å². The molecule has 1 aromatic carbocycles. The minimum absolute atomic E-state index is 0.248. The lowest BCUT2D eigenvalue weighted by molar-refractivity contribution is 0.304. The molecule has 0 unspecified atom stereocenters. The van der Waals surface area contributed by atoms with E-state index in [2.05, 4.69) is 45.5 Å². The van der Waals surface area contributed by atoms with Gasteiger partial charge in [0, 0.05) is 22.1 Å². The number of nitrogens with zero attached hydrogens (tertiary/aromatic N) is 1. The molecule has 0 saturated heterocycles. The number of anilines is 1. The van der Waals surface area contributed by atoms with E-state index >= 15 is 0 Å². The highest BCUT2D eigenvalue weighted by Gasteiger charge is 2.22. The molecule has 0 radical (unpaired) electrons. The molecule has 4 N–H and O–H groups in total. The second kappa shape index (κ2) is 7.53. The van der Waals surface area contributed by atoms with Gasteiger partial charge >= 0.3 is 0 Å². The summed E-state index contributed by atoms with van der Waals surface area (Å²) in [4.78, 5) is 0. The van der Waals surface area contributed by atoms with Crippen LogP contribution in [-0.2, 0) is 0 Å². The van der Waals surface area contributed by atoms with Crippen molar-refractivity contribution in [3.63, 3.8) is 0 Å². The summed E-state index contributed by atoms with van der Waals surface area (Å²) < 4.78 is 1.10. The van der Waals surface area contributed by atoms with E-state index in [1.54, 1.807) is 0 Å². The molecule has 0 bridgehead atoms. The van der Waals surface area contributed by atoms with Gasteiger partial charge in [-0.15, -0.1) is 0 Å². The SMILES string of the molecule is Cc1cc(Br)ccc1NCCCCC(C)(C)/C(N)=N/O. The number of unbranched alkanes of at least 4 members (excludes halogenated alkanes) is 1. The molecule has 20 heavy (non-hydrogen) atoms. The first-order chi connectivity index (χ1) is 9.36. The van der Waals surface area contributed by atoms with Crippen molar-refractivity contribution in [3.05, 3.63) is 28.2 Å². The van der Waals surface area contributed by atoms with Gasteiger partial charge in [-0.2, -0.15) is 0 Å². The van der Waals surface area contributed by atoms with Gasteiger partial charge in [0.25, 0.3) is 0 Å². The Morgan fingerprint density at radius 2 is 2.10 bits per heavy atom. The lowest BCUT2D eigenvalue weighted by Crippen LogP contribution is -2.31. The van der Waals surface area contributed by atoms with E-state index < -0.39 is 0 Å². The maximum absolute atomic E-state index is 8.72. The minimum Gasteiger partial charge on any atom is -0.409 e. The van der Waals surface area contributed by atoms with Crippen LogP contribution in [0.2, 0.25) is 0 Å². The molecular weight excluding hydrogens is 318 g/mol. The molecule has 0 aliphatic heterocycles. The lowest BCUT2D eigenvalue weighted by Gasteiger charge is -2.22. The Balaban J connectivity index is 2.32. The Morgan fingerprint density at radius 1 is 1.40 bits per heavy atom. The van der Waals surface area contributed by atoms with Crippen LogP contribution in [-0.4, -0.2) is 17.6 Å². The van der Waals surface area contributed by atoms with Crippen LogP contribution in [0.15, 0.2) is 27.8 Å². The van der Waals surface area contributed by atoms with Crippen LogP contribution < -0.4 is 11.1 Å². The monoisotopic (exact) mass is 341 g/mol. The normalized spacial score (nSPS) is 12.5. The average molecular weight is 342 g/mol. The van der Waals surface area contributed by atoms with Crippen LogP contribution in [0.4, 0.5) is 5.69 Å². The summed E-state index contributed by atoms with van der Waals surface area (Å²) in [6.07, 6.45) is 2.99. The van der Waals surface area contributed by atoms with Crippen molar-refractivity contribution in [1.82, 2.24) is 0 Å². The molecule has 0 saturated carbocycles. The first-order valence-electron chi connectivity index (χ1n) is 6.85. The molecule has 0 aliphatic carbocycles. The van der Waals surface area contributed by atoms with Crippen molar-refractivity contribution in [2.45, 2.75) is 40.0 Å². The van der Waals surface area contributed by atoms with Crippen molar-refractivity contribution in [1.29, 1.82) is 0 Å². The third kappa shape index (κ3) is 5.04. The fourth-order valence-corrected chi connectivity index (χ4v) is 2.48. The first-order valence-corrected chi connectivity index (χ1v) is 7.64. The Hall–Kier alpha value is -1.23. The molecule has 0 atom stereocenters. The zero-order valence-corrected chi connectivity index (χ0v) is 14.0. The average Bonchev–Trinajstić information content (AvgIpc) is 2.39. The van der Waals surface area contributed by atoms with Gasteiger partial charge in [-0.3, -0.25) is 0 Å². The quantitative estimate of drug-likeness (QED) is 0.230. The summed E-state index contributed by atoms with van der Waals surface area (Å²) in [6.45, 7) is 7.01. The standard InChI is InChI=1S/C15H24BrN3O/c1-11-10-12(16)6-7-13(11)18-9-5-4-8-15(2,3)14(17)19-20/h6-7,10,18,20H,4-5,8-9H2,1-3H3,(H2,17,19). The number of rotatable bonds is 7. The fourth-order valence-electron chi connectivity index (χ4n) is 2.00. The number of aryl methyl sites for hydroxylation is 1. The van der Waals surface area contributed by atoms with Crippen molar-refractivity contribution in [3.8, 4) is 0 Å². The highest BCUT2D eigenvalue weighted by atomic mass is 79.9. The topological polar surface area (TPSA) is 70.6 Å². The number of benzene rings is 1. The zero-order chi connectivity index (χ0) is 15.2. The van der Waals surface area contributed by atoms with E-state index in [0.29, 0.717) is 5.84 Å². The van der Waals surface area contributed by atoms with Crippen molar-refractivity contribution in [2.24, 2.45) is 16.3 Å². The summed E-state index contributed by atoms with van der Waals surface area (Å²) in [6, 6.07) is 6.22. The van der Waals surface area contributed by atoms with Crippen LogP contribution in [0.5, 0.6) is 0 Å². The molecule has 0 amide bonds. The highest BCUT2D eigenvalue weighted by molar-refractivity contribution is 9.10. The number of nitrogens with two attached hydrogens (primary N) is 1. The molecule has 0 aromatic heterocycles. The summed E-state index contributed by atoms with van der Waals surface area (Å²) in [5, 5.41) is 15.3. The van der Waals surface area contributed by atoms with Crippen LogP contribution in [0.3, 0.4) is 0 Å². The van der Waals surface area contributed by atoms with Crippen LogP contribution >= 0.6 is 15.9 Å². The van der Waals surface area contributed by atoms with E-state index in [9.17, 15) is 0 Å². The minimum atomic E-state index is -0.248. The number of hydrogen-bond donors (Lipinski definition) is 3. The van der Waals surface area contributed by atoms with Crippen LogP contribution in [0.25, 0.3) is 0 Å². The lowest BCUT2D eigenvalue weighted by atomic mass is 9.86. The van der Waals surface area contributed by atoms with Gasteiger partial charge in [0.05, 0.1) is 0 Å². The predicted molar refractivity (Wildman–Crippen MR) is 88.4 cm³/mol. The molecule has 0 heterocycles. The Bertz CT molecular complexity index is 472. The number of nitrogens with one attached hydrogen (secondary N) is 1. The summed E-state index contributed by atoms with van der Waals surface area (Å²) in [5.41, 5.74) is 7.83. The third-order valence-electron chi connectivity index (χ3n) is 3.53. The van der Waals surface area contributed by atoms with Gasteiger partial charge in [-0.25, -0.2) is 0 Å². The number of amidine groups is 1. The van der Waals surface area contributed by atoms with Crippen molar-refractivity contribution >= 4 is 27.5 Å². The first kappa shape index (κ1) is 16.8. The number of hydrogen-bond acceptors (Lipinski definition) is 3. The molecule has 112 valence electrons. The fraction of sp³-hybridized carbons (Fsp3) is 0.533. The van der Waals surface area contributed by atoms with Crippen molar-refractivity contribution in [2.75, 3.05) is 11.9 Å².